The third-order valence-corrected chi connectivity index (χ3v) is 6.22. The lowest BCUT2D eigenvalue weighted by Gasteiger charge is -2.35. The Morgan fingerprint density at radius 3 is 2.48 bits per heavy atom. The van der Waals surface area contributed by atoms with Crippen molar-refractivity contribution in [2.24, 2.45) is 0 Å². The molecule has 144 valence electrons. The van der Waals surface area contributed by atoms with Crippen LogP contribution in [-0.2, 0) is 6.54 Å². The number of nitrogens with one attached hydrogen (secondary N) is 1. The lowest BCUT2D eigenvalue weighted by Crippen LogP contribution is -2.49. The number of hydrogen-bond acceptors (Lipinski definition) is 4. The highest BCUT2D eigenvalue weighted by atomic mass is 32.1. The first-order valence-corrected chi connectivity index (χ1v) is 10.9. The molecule has 3 heterocycles. The molecule has 27 heavy (non-hydrogen) atoms. The fourth-order valence-electron chi connectivity index (χ4n) is 3.93. The number of benzene rings is 1. The summed E-state index contributed by atoms with van der Waals surface area (Å²) in [6.07, 6.45) is 3.77. The van der Waals surface area contributed by atoms with Gasteiger partial charge < -0.3 is 15.1 Å². The van der Waals surface area contributed by atoms with E-state index in [0.29, 0.717) is 0 Å². The van der Waals surface area contributed by atoms with E-state index in [1.807, 2.05) is 17.0 Å². The predicted molar refractivity (Wildman–Crippen MR) is 113 cm³/mol. The number of piperazine rings is 1. The van der Waals surface area contributed by atoms with E-state index in [4.69, 9.17) is 0 Å². The normalized spacial score (nSPS) is 18.5. The molecule has 2 amide bonds. The van der Waals surface area contributed by atoms with Gasteiger partial charge in [0.15, 0.2) is 0 Å². The molecule has 0 radical (unpaired) electrons. The first kappa shape index (κ1) is 18.3. The first-order chi connectivity index (χ1) is 13.3. The molecule has 2 aliphatic heterocycles. The molecule has 2 aliphatic rings. The monoisotopic (exact) mass is 384 g/mol. The van der Waals surface area contributed by atoms with Crippen molar-refractivity contribution >= 4 is 28.7 Å². The summed E-state index contributed by atoms with van der Waals surface area (Å²) in [7, 11) is 0. The Morgan fingerprint density at radius 2 is 1.74 bits per heavy atom. The number of nitrogens with zero attached hydrogens (tertiary/aromatic N) is 3. The van der Waals surface area contributed by atoms with Crippen LogP contribution >= 0.6 is 11.3 Å². The van der Waals surface area contributed by atoms with Crippen LogP contribution in [0.15, 0.2) is 41.1 Å². The molecule has 1 aromatic carbocycles. The van der Waals surface area contributed by atoms with Crippen molar-refractivity contribution in [2.45, 2.75) is 25.8 Å². The molecule has 4 rings (SSSR count). The summed E-state index contributed by atoms with van der Waals surface area (Å²) in [6.45, 7) is 6.55. The summed E-state index contributed by atoms with van der Waals surface area (Å²) in [5.74, 6) is 0. The second-order valence-corrected chi connectivity index (χ2v) is 8.17. The molecule has 0 atom stereocenters. The van der Waals surface area contributed by atoms with Gasteiger partial charge in [0.25, 0.3) is 0 Å². The third-order valence-electron chi connectivity index (χ3n) is 5.49. The Hall–Kier alpha value is -2.05. The van der Waals surface area contributed by atoms with Gasteiger partial charge in [0, 0.05) is 45.8 Å². The molecule has 1 aromatic heterocycles. The van der Waals surface area contributed by atoms with Gasteiger partial charge in [0.05, 0.1) is 11.4 Å². The summed E-state index contributed by atoms with van der Waals surface area (Å²) < 4.78 is 0. The molecule has 6 heteroatoms. The number of piperidine rings is 1. The van der Waals surface area contributed by atoms with E-state index >= 15 is 0 Å². The van der Waals surface area contributed by atoms with Gasteiger partial charge in [-0.15, -0.1) is 0 Å². The number of rotatable bonds is 4. The summed E-state index contributed by atoms with van der Waals surface area (Å²) in [6, 6.07) is 10.4. The summed E-state index contributed by atoms with van der Waals surface area (Å²) in [4.78, 5) is 19.6. The van der Waals surface area contributed by atoms with E-state index in [1.54, 1.807) is 11.3 Å². The van der Waals surface area contributed by atoms with E-state index in [-0.39, 0.29) is 6.03 Å². The van der Waals surface area contributed by atoms with E-state index < -0.39 is 0 Å². The summed E-state index contributed by atoms with van der Waals surface area (Å²) >= 11 is 1.74. The van der Waals surface area contributed by atoms with E-state index in [0.717, 1.165) is 57.2 Å². The van der Waals surface area contributed by atoms with E-state index in [9.17, 15) is 4.79 Å². The zero-order valence-electron chi connectivity index (χ0n) is 15.8. The van der Waals surface area contributed by atoms with Crippen molar-refractivity contribution in [3.05, 3.63) is 46.7 Å². The number of carbonyl (C=O) groups excluding carboxylic acids is 1. The van der Waals surface area contributed by atoms with E-state index in [2.05, 4.69) is 44.1 Å². The third kappa shape index (κ3) is 4.62. The van der Waals surface area contributed by atoms with Crippen LogP contribution in [0.25, 0.3) is 0 Å². The molecular weight excluding hydrogens is 356 g/mol. The lowest BCUT2D eigenvalue weighted by atomic mass is 10.1. The molecule has 0 spiro atoms. The number of urea groups is 1. The van der Waals surface area contributed by atoms with Crippen LogP contribution in [0.3, 0.4) is 0 Å². The molecule has 2 saturated heterocycles. The van der Waals surface area contributed by atoms with Crippen LogP contribution in [0.2, 0.25) is 0 Å². The van der Waals surface area contributed by atoms with Crippen LogP contribution in [-0.4, -0.2) is 55.1 Å². The van der Waals surface area contributed by atoms with Crippen LogP contribution in [0.5, 0.6) is 0 Å². The molecule has 5 nitrogen and oxygen atoms in total. The fourth-order valence-corrected chi connectivity index (χ4v) is 4.59. The summed E-state index contributed by atoms with van der Waals surface area (Å²) in [5, 5.41) is 7.50. The van der Waals surface area contributed by atoms with Gasteiger partial charge >= 0.3 is 6.03 Å². The minimum atomic E-state index is 0.0228. The van der Waals surface area contributed by atoms with Crippen molar-refractivity contribution in [1.29, 1.82) is 0 Å². The second-order valence-electron chi connectivity index (χ2n) is 7.39. The average Bonchev–Trinajstić information content (AvgIpc) is 3.23. The number of amides is 2. The molecule has 2 fully saturated rings. The maximum absolute atomic E-state index is 12.8. The van der Waals surface area contributed by atoms with Gasteiger partial charge in [-0.05, 0) is 53.8 Å². The van der Waals surface area contributed by atoms with Crippen LogP contribution < -0.4 is 10.2 Å². The predicted octanol–water partition coefficient (Wildman–Crippen LogP) is 4.09. The number of carbonyl (C=O) groups is 1. The standard InChI is InChI=1S/C21H28N4OS/c26-21(25-13-11-23(12-14-25)16-18-8-15-27-17-18)22-19-6-2-3-7-20(19)24-9-4-1-5-10-24/h2-3,6-8,15,17H,1,4-5,9-14,16H2,(H,22,26). The van der Waals surface area contributed by atoms with Crippen molar-refractivity contribution in [2.75, 3.05) is 49.5 Å². The van der Waals surface area contributed by atoms with Crippen LogP contribution in [0.1, 0.15) is 24.8 Å². The van der Waals surface area contributed by atoms with Crippen molar-refractivity contribution in [1.82, 2.24) is 9.80 Å². The largest absolute Gasteiger partial charge is 0.370 e. The Balaban J connectivity index is 1.33. The smallest absolute Gasteiger partial charge is 0.321 e. The Bertz CT molecular complexity index is 734. The molecule has 0 aliphatic carbocycles. The molecule has 0 saturated carbocycles. The van der Waals surface area contributed by atoms with Crippen molar-refractivity contribution in [3.8, 4) is 0 Å². The van der Waals surface area contributed by atoms with Gasteiger partial charge in [-0.2, -0.15) is 11.3 Å². The highest BCUT2D eigenvalue weighted by Crippen LogP contribution is 2.28. The van der Waals surface area contributed by atoms with Crippen LogP contribution in [0.4, 0.5) is 16.2 Å². The molecule has 0 unspecified atom stereocenters. The average molecular weight is 385 g/mol. The van der Waals surface area contributed by atoms with Gasteiger partial charge in [-0.3, -0.25) is 4.90 Å². The molecule has 2 aromatic rings. The number of anilines is 2. The quantitative estimate of drug-likeness (QED) is 0.863. The minimum Gasteiger partial charge on any atom is -0.370 e. The minimum absolute atomic E-state index is 0.0228. The summed E-state index contributed by atoms with van der Waals surface area (Å²) in [5.41, 5.74) is 3.46. The zero-order chi connectivity index (χ0) is 18.5. The number of para-hydroxylation sites is 2. The van der Waals surface area contributed by atoms with Gasteiger partial charge in [-0.25, -0.2) is 4.79 Å². The fraction of sp³-hybridized carbons (Fsp3) is 0.476. The van der Waals surface area contributed by atoms with Gasteiger partial charge in [-0.1, -0.05) is 12.1 Å². The topological polar surface area (TPSA) is 38.8 Å². The number of hydrogen-bond donors (Lipinski definition) is 1. The SMILES string of the molecule is O=C(Nc1ccccc1N1CCCCC1)N1CCN(Cc2ccsc2)CC1. The van der Waals surface area contributed by atoms with Crippen molar-refractivity contribution < 1.29 is 4.79 Å². The maximum Gasteiger partial charge on any atom is 0.321 e. The Labute approximate surface area is 165 Å². The van der Waals surface area contributed by atoms with Gasteiger partial charge in [0.1, 0.15) is 0 Å². The molecule has 0 bridgehead atoms. The Morgan fingerprint density at radius 1 is 0.963 bits per heavy atom. The van der Waals surface area contributed by atoms with E-state index in [1.165, 1.54) is 24.8 Å². The molecule has 1 N–H and O–H groups in total. The van der Waals surface area contributed by atoms with Gasteiger partial charge in [0.2, 0.25) is 0 Å². The highest BCUT2D eigenvalue weighted by molar-refractivity contribution is 7.07. The lowest BCUT2D eigenvalue weighted by molar-refractivity contribution is 0.143. The van der Waals surface area contributed by atoms with Crippen molar-refractivity contribution in [3.63, 3.8) is 0 Å². The van der Waals surface area contributed by atoms with Crippen LogP contribution in [0, 0.1) is 0 Å². The zero-order valence-corrected chi connectivity index (χ0v) is 16.6. The highest BCUT2D eigenvalue weighted by Gasteiger charge is 2.22. The number of thiophene rings is 1. The maximum atomic E-state index is 12.8. The second kappa shape index (κ2) is 8.76. The molecular formula is C21H28N4OS. The Kier molecular flexibility index (Phi) is 5.94. The first-order valence-electron chi connectivity index (χ1n) is 9.93.